The van der Waals surface area contributed by atoms with E-state index in [0.717, 1.165) is 23.5 Å². The number of hydrogen-bond donors (Lipinski definition) is 1. The van der Waals surface area contributed by atoms with Crippen LogP contribution >= 0.6 is 0 Å². The van der Waals surface area contributed by atoms with E-state index in [1.807, 2.05) is 18.2 Å². The van der Waals surface area contributed by atoms with E-state index in [4.69, 9.17) is 5.73 Å². The number of anilines is 1. The second-order valence-corrected chi connectivity index (χ2v) is 4.44. The van der Waals surface area contributed by atoms with Crippen LogP contribution in [-0.4, -0.2) is 5.71 Å². The van der Waals surface area contributed by atoms with Crippen molar-refractivity contribution in [3.63, 3.8) is 0 Å². The van der Waals surface area contributed by atoms with E-state index >= 15 is 0 Å². The summed E-state index contributed by atoms with van der Waals surface area (Å²) in [5.74, 6) is 0. The highest BCUT2D eigenvalue weighted by Crippen LogP contribution is 2.29. The predicted octanol–water partition coefficient (Wildman–Crippen LogP) is 3.25. The van der Waals surface area contributed by atoms with E-state index in [9.17, 15) is 0 Å². The zero-order chi connectivity index (χ0) is 11.8. The summed E-state index contributed by atoms with van der Waals surface area (Å²) in [4.78, 5) is 4.69. The van der Waals surface area contributed by atoms with Crippen LogP contribution in [0.1, 0.15) is 16.7 Å². The molecule has 1 aliphatic heterocycles. The lowest BCUT2D eigenvalue weighted by Crippen LogP contribution is -2.03. The smallest absolute Gasteiger partial charge is 0.0669 e. The molecule has 0 radical (unpaired) electrons. The number of aliphatic imine (C=N–C) groups is 1. The number of nitrogen functional groups attached to an aromatic ring is 1. The fraction of sp³-hybridized carbons (Fsp3) is 0.133. The van der Waals surface area contributed by atoms with Gasteiger partial charge in [0.1, 0.15) is 0 Å². The summed E-state index contributed by atoms with van der Waals surface area (Å²) in [5, 5.41) is 0. The van der Waals surface area contributed by atoms with E-state index in [1.165, 1.54) is 16.7 Å². The van der Waals surface area contributed by atoms with Crippen molar-refractivity contribution in [1.29, 1.82) is 0 Å². The lowest BCUT2D eigenvalue weighted by Gasteiger charge is -2.06. The monoisotopic (exact) mass is 222 g/mol. The van der Waals surface area contributed by atoms with Crippen LogP contribution in [0.25, 0.3) is 0 Å². The molecule has 2 heteroatoms. The molecule has 0 spiro atoms. The number of aryl methyl sites for hydroxylation is 1. The van der Waals surface area contributed by atoms with Crippen molar-refractivity contribution >= 4 is 17.1 Å². The summed E-state index contributed by atoms with van der Waals surface area (Å²) in [6.45, 7) is 2.08. The van der Waals surface area contributed by atoms with Crippen molar-refractivity contribution in [2.24, 2.45) is 4.99 Å². The molecule has 0 atom stereocenters. The number of hydrogen-bond acceptors (Lipinski definition) is 2. The van der Waals surface area contributed by atoms with Gasteiger partial charge in [-0.1, -0.05) is 24.3 Å². The maximum absolute atomic E-state index is 5.77. The van der Waals surface area contributed by atoms with Crippen molar-refractivity contribution < 1.29 is 0 Å². The van der Waals surface area contributed by atoms with Crippen molar-refractivity contribution in [3.05, 3.63) is 59.2 Å². The van der Waals surface area contributed by atoms with Gasteiger partial charge in [0.25, 0.3) is 0 Å². The molecule has 0 aliphatic carbocycles. The van der Waals surface area contributed by atoms with E-state index in [-0.39, 0.29) is 0 Å². The highest BCUT2D eigenvalue weighted by atomic mass is 14.8. The van der Waals surface area contributed by atoms with Gasteiger partial charge in [-0.15, -0.1) is 0 Å². The second kappa shape index (κ2) is 3.74. The lowest BCUT2D eigenvalue weighted by molar-refractivity contribution is 1.36. The first-order valence-corrected chi connectivity index (χ1v) is 5.76. The zero-order valence-corrected chi connectivity index (χ0v) is 9.77. The van der Waals surface area contributed by atoms with E-state index in [2.05, 4.69) is 36.2 Å². The molecule has 1 heterocycles. The fourth-order valence-electron chi connectivity index (χ4n) is 2.30. The van der Waals surface area contributed by atoms with Crippen molar-refractivity contribution in [2.75, 3.05) is 5.73 Å². The van der Waals surface area contributed by atoms with Crippen molar-refractivity contribution in [2.45, 2.75) is 13.3 Å². The van der Waals surface area contributed by atoms with Gasteiger partial charge in [0, 0.05) is 12.1 Å². The molecule has 0 unspecified atom stereocenters. The number of nitrogens with zero attached hydrogens (tertiary/aromatic N) is 1. The Hall–Kier alpha value is -2.09. The molecule has 2 nitrogen and oxygen atoms in total. The maximum atomic E-state index is 5.77. The van der Waals surface area contributed by atoms with Crippen LogP contribution in [-0.2, 0) is 6.42 Å². The quantitative estimate of drug-likeness (QED) is 0.739. The fourth-order valence-corrected chi connectivity index (χ4v) is 2.30. The molecule has 1 aliphatic rings. The molecule has 0 bridgehead atoms. The molecule has 0 amide bonds. The number of nitrogens with two attached hydrogens (primary N) is 1. The maximum Gasteiger partial charge on any atom is 0.0669 e. The van der Waals surface area contributed by atoms with E-state index in [0.29, 0.717) is 0 Å². The summed E-state index contributed by atoms with van der Waals surface area (Å²) in [6, 6.07) is 14.3. The molecular weight excluding hydrogens is 208 g/mol. The van der Waals surface area contributed by atoms with Gasteiger partial charge in [0.05, 0.1) is 11.4 Å². The minimum absolute atomic E-state index is 0.808. The largest absolute Gasteiger partial charge is 0.399 e. The Morgan fingerprint density at radius 3 is 2.71 bits per heavy atom. The summed E-state index contributed by atoms with van der Waals surface area (Å²) >= 11 is 0. The molecule has 2 aromatic carbocycles. The van der Waals surface area contributed by atoms with Crippen LogP contribution in [0, 0.1) is 6.92 Å². The highest BCUT2D eigenvalue weighted by molar-refractivity contribution is 6.07. The summed E-state index contributed by atoms with van der Waals surface area (Å²) in [7, 11) is 0. The molecule has 2 N–H and O–H groups in total. The van der Waals surface area contributed by atoms with Gasteiger partial charge >= 0.3 is 0 Å². The second-order valence-electron chi connectivity index (χ2n) is 4.44. The van der Waals surface area contributed by atoms with Gasteiger partial charge in [-0.3, -0.25) is 4.99 Å². The van der Waals surface area contributed by atoms with E-state index < -0.39 is 0 Å². The minimum atomic E-state index is 0.808. The number of benzene rings is 2. The topological polar surface area (TPSA) is 38.4 Å². The summed E-state index contributed by atoms with van der Waals surface area (Å²) in [5.41, 5.74) is 12.5. The van der Waals surface area contributed by atoms with Gasteiger partial charge in [-0.2, -0.15) is 0 Å². The van der Waals surface area contributed by atoms with Crippen molar-refractivity contribution in [1.82, 2.24) is 0 Å². The van der Waals surface area contributed by atoms with Crippen LogP contribution in [0.3, 0.4) is 0 Å². The third-order valence-electron chi connectivity index (χ3n) is 3.17. The SMILES string of the molecule is Cc1cc(N)ccc1C1=Nc2ccccc2C1. The predicted molar refractivity (Wildman–Crippen MR) is 71.9 cm³/mol. The normalized spacial score (nSPS) is 13.4. The first-order valence-electron chi connectivity index (χ1n) is 5.76. The highest BCUT2D eigenvalue weighted by Gasteiger charge is 2.16. The molecule has 17 heavy (non-hydrogen) atoms. The summed E-state index contributed by atoms with van der Waals surface area (Å²) < 4.78 is 0. The lowest BCUT2D eigenvalue weighted by atomic mass is 10.00. The van der Waals surface area contributed by atoms with Gasteiger partial charge in [0.2, 0.25) is 0 Å². The van der Waals surface area contributed by atoms with Gasteiger partial charge in [0.15, 0.2) is 0 Å². The van der Waals surface area contributed by atoms with Gasteiger partial charge in [-0.05, 0) is 41.8 Å². The Kier molecular flexibility index (Phi) is 2.22. The molecule has 0 aromatic heterocycles. The van der Waals surface area contributed by atoms with Crippen LogP contribution in [0.5, 0.6) is 0 Å². The number of rotatable bonds is 1. The molecule has 0 saturated carbocycles. The third kappa shape index (κ3) is 1.72. The molecule has 3 rings (SSSR count). The van der Waals surface area contributed by atoms with Gasteiger partial charge < -0.3 is 5.73 Å². The van der Waals surface area contributed by atoms with E-state index in [1.54, 1.807) is 0 Å². The first kappa shape index (κ1) is 10.1. The van der Waals surface area contributed by atoms with Crippen LogP contribution in [0.2, 0.25) is 0 Å². The summed E-state index contributed by atoms with van der Waals surface area (Å²) in [6.07, 6.45) is 0.918. The Balaban J connectivity index is 2.04. The van der Waals surface area contributed by atoms with Gasteiger partial charge in [-0.25, -0.2) is 0 Å². The van der Waals surface area contributed by atoms with Crippen LogP contribution in [0.4, 0.5) is 11.4 Å². The van der Waals surface area contributed by atoms with Crippen LogP contribution < -0.4 is 5.73 Å². The number of para-hydroxylation sites is 1. The molecule has 0 saturated heterocycles. The third-order valence-corrected chi connectivity index (χ3v) is 3.17. The first-order chi connectivity index (χ1) is 8.24. The molecule has 2 aromatic rings. The Morgan fingerprint density at radius 2 is 1.94 bits per heavy atom. The van der Waals surface area contributed by atoms with Crippen molar-refractivity contribution in [3.8, 4) is 0 Å². The zero-order valence-electron chi connectivity index (χ0n) is 9.77. The molecular formula is C15H14N2. The average Bonchev–Trinajstić information content (AvgIpc) is 2.72. The molecule has 0 fully saturated rings. The standard InChI is InChI=1S/C15H14N2/c1-10-8-12(16)6-7-13(10)15-9-11-4-2-3-5-14(11)17-15/h2-8H,9,16H2,1H3. The molecule has 84 valence electrons. The Bertz CT molecular complexity index is 612. The average molecular weight is 222 g/mol. The Labute approximate surface area is 101 Å². The van der Waals surface area contributed by atoms with Crippen LogP contribution in [0.15, 0.2) is 47.5 Å². The minimum Gasteiger partial charge on any atom is -0.399 e. The number of fused-ring (bicyclic) bond motifs is 1. The Morgan fingerprint density at radius 1 is 1.12 bits per heavy atom.